The van der Waals surface area contributed by atoms with Gasteiger partial charge in [-0.1, -0.05) is 0 Å². The van der Waals surface area contributed by atoms with Gasteiger partial charge in [0.15, 0.2) is 0 Å². The zero-order valence-corrected chi connectivity index (χ0v) is 15.9. The van der Waals surface area contributed by atoms with Gasteiger partial charge in [0.05, 0.1) is 17.5 Å². The quantitative estimate of drug-likeness (QED) is 0.775. The van der Waals surface area contributed by atoms with Crippen molar-refractivity contribution in [1.82, 2.24) is 14.5 Å². The number of amides is 1. The minimum absolute atomic E-state index is 0.0215. The van der Waals surface area contributed by atoms with Crippen molar-refractivity contribution in [2.75, 3.05) is 26.8 Å². The molecule has 0 aliphatic carbocycles. The Balaban J connectivity index is 1.96. The van der Waals surface area contributed by atoms with E-state index in [9.17, 15) is 24.3 Å². The first kappa shape index (κ1) is 19.8. The highest BCUT2D eigenvalue weighted by Crippen LogP contribution is 2.31. The number of H-pyrrole nitrogens is 1. The second-order valence-corrected chi connectivity index (χ2v) is 7.09. The number of aromatic nitrogens is 2. The van der Waals surface area contributed by atoms with Crippen molar-refractivity contribution in [2.45, 2.75) is 26.3 Å². The van der Waals surface area contributed by atoms with E-state index in [1.807, 2.05) is 0 Å². The summed E-state index contributed by atoms with van der Waals surface area (Å²) in [6.07, 6.45) is 0.981. The number of likely N-dealkylation sites (tertiary alicyclic amines) is 1. The molecule has 1 aliphatic rings. The molecule has 1 amide bonds. The summed E-state index contributed by atoms with van der Waals surface area (Å²) >= 11 is 0. The largest absolute Gasteiger partial charge is 0.481 e. The molecule has 0 saturated carbocycles. The Morgan fingerprint density at radius 1 is 1.32 bits per heavy atom. The maximum Gasteiger partial charge on any atom is 0.328 e. The molecule has 1 aromatic carbocycles. The van der Waals surface area contributed by atoms with Crippen LogP contribution in [0.25, 0.3) is 10.9 Å². The summed E-state index contributed by atoms with van der Waals surface area (Å²) in [6.45, 7) is 2.44. The molecule has 1 saturated heterocycles. The van der Waals surface area contributed by atoms with Crippen LogP contribution in [0.3, 0.4) is 0 Å². The van der Waals surface area contributed by atoms with Crippen molar-refractivity contribution >= 4 is 22.8 Å². The number of fused-ring (bicyclic) bond motifs is 1. The minimum atomic E-state index is -1.14. The fourth-order valence-corrected chi connectivity index (χ4v) is 3.79. The number of carbonyl (C=O) groups is 2. The topological polar surface area (TPSA) is 122 Å². The molecule has 2 heterocycles. The normalized spacial score (nSPS) is 19.7. The van der Waals surface area contributed by atoms with Crippen molar-refractivity contribution in [2.24, 2.45) is 5.41 Å². The number of hydrogen-bond acceptors (Lipinski definition) is 5. The summed E-state index contributed by atoms with van der Waals surface area (Å²) < 4.78 is 6.17. The zero-order valence-electron chi connectivity index (χ0n) is 15.9. The van der Waals surface area contributed by atoms with E-state index < -0.39 is 22.6 Å². The van der Waals surface area contributed by atoms with Gasteiger partial charge in [-0.3, -0.25) is 19.0 Å². The molecule has 1 unspecified atom stereocenters. The first-order valence-electron chi connectivity index (χ1n) is 9.11. The van der Waals surface area contributed by atoms with Crippen LogP contribution in [0, 0.1) is 5.41 Å². The Labute approximate surface area is 160 Å². The van der Waals surface area contributed by atoms with E-state index in [4.69, 9.17) is 4.74 Å². The van der Waals surface area contributed by atoms with E-state index in [1.165, 1.54) is 30.2 Å². The van der Waals surface area contributed by atoms with Crippen LogP contribution in [0.1, 0.15) is 30.1 Å². The number of hydrogen-bond donors (Lipinski definition) is 2. The highest BCUT2D eigenvalue weighted by atomic mass is 16.5. The zero-order chi connectivity index (χ0) is 20.5. The van der Waals surface area contributed by atoms with Crippen LogP contribution in [0.5, 0.6) is 0 Å². The van der Waals surface area contributed by atoms with Crippen molar-refractivity contribution in [3.63, 3.8) is 0 Å². The lowest BCUT2D eigenvalue weighted by atomic mass is 9.80. The molecule has 2 N–H and O–H groups in total. The van der Waals surface area contributed by atoms with Gasteiger partial charge in [0.25, 0.3) is 11.5 Å². The number of nitrogens with one attached hydrogen (secondary N) is 1. The van der Waals surface area contributed by atoms with Gasteiger partial charge in [-0.25, -0.2) is 4.79 Å². The van der Waals surface area contributed by atoms with Gasteiger partial charge in [-0.2, -0.15) is 0 Å². The van der Waals surface area contributed by atoms with Gasteiger partial charge in [0, 0.05) is 32.3 Å². The number of aliphatic carboxylic acids is 1. The van der Waals surface area contributed by atoms with Gasteiger partial charge < -0.3 is 19.7 Å². The molecule has 9 heteroatoms. The number of carbonyl (C=O) groups excluding carboxylic acids is 1. The molecule has 1 aliphatic heterocycles. The smallest absolute Gasteiger partial charge is 0.328 e. The number of aromatic amines is 1. The molecule has 28 heavy (non-hydrogen) atoms. The van der Waals surface area contributed by atoms with Gasteiger partial charge in [0.2, 0.25) is 0 Å². The number of carboxylic acid groups (broad SMARTS) is 1. The van der Waals surface area contributed by atoms with Crippen LogP contribution in [0.15, 0.2) is 27.8 Å². The molecular formula is C19H23N3O6. The Kier molecular flexibility index (Phi) is 5.37. The lowest BCUT2D eigenvalue weighted by Gasteiger charge is -2.39. The van der Waals surface area contributed by atoms with Gasteiger partial charge >= 0.3 is 11.7 Å². The number of piperidine rings is 1. The first-order valence-corrected chi connectivity index (χ1v) is 9.11. The first-order chi connectivity index (χ1) is 13.3. The van der Waals surface area contributed by atoms with Gasteiger partial charge in [-0.15, -0.1) is 0 Å². The van der Waals surface area contributed by atoms with Crippen LogP contribution in [-0.4, -0.2) is 58.2 Å². The van der Waals surface area contributed by atoms with E-state index in [2.05, 4.69) is 4.98 Å². The van der Waals surface area contributed by atoms with Crippen LogP contribution < -0.4 is 11.2 Å². The molecule has 3 rings (SSSR count). The van der Waals surface area contributed by atoms with E-state index in [-0.39, 0.29) is 36.7 Å². The second-order valence-electron chi connectivity index (χ2n) is 7.09. The van der Waals surface area contributed by atoms with Crippen LogP contribution >= 0.6 is 0 Å². The Morgan fingerprint density at radius 2 is 2.07 bits per heavy atom. The summed E-state index contributed by atoms with van der Waals surface area (Å²) in [5.74, 6) is -1.33. The lowest BCUT2D eigenvalue weighted by Crippen LogP contribution is -2.52. The summed E-state index contributed by atoms with van der Waals surface area (Å²) in [5, 5.41) is 9.96. The number of nitrogens with zero attached hydrogens (tertiary/aromatic N) is 2. The number of ether oxygens (including phenoxy) is 1. The van der Waals surface area contributed by atoms with Crippen molar-refractivity contribution in [1.29, 1.82) is 0 Å². The molecule has 0 radical (unpaired) electrons. The summed E-state index contributed by atoms with van der Waals surface area (Å²) in [5.41, 5.74) is -1.52. The van der Waals surface area contributed by atoms with Crippen molar-refractivity contribution in [3.8, 4) is 0 Å². The SMILES string of the molecule is CCn1c(=O)[nH]c2cc(C(=O)N3CCCC(COC)(C(=O)O)C3)ccc2c1=O. The molecule has 9 nitrogen and oxygen atoms in total. The number of carboxylic acids is 1. The molecule has 2 aromatic rings. The number of methoxy groups -OCH3 is 1. The van der Waals surface area contributed by atoms with Crippen molar-refractivity contribution in [3.05, 3.63) is 44.6 Å². The Morgan fingerprint density at radius 3 is 2.71 bits per heavy atom. The fraction of sp³-hybridized carbons (Fsp3) is 0.474. The average molecular weight is 389 g/mol. The van der Waals surface area contributed by atoms with Crippen molar-refractivity contribution < 1.29 is 19.4 Å². The molecule has 150 valence electrons. The van der Waals surface area contributed by atoms with Gasteiger partial charge in [-0.05, 0) is 38.0 Å². The maximum atomic E-state index is 13.0. The second kappa shape index (κ2) is 7.59. The summed E-state index contributed by atoms with van der Waals surface area (Å²) in [7, 11) is 1.44. The molecule has 1 aromatic heterocycles. The maximum absolute atomic E-state index is 13.0. The third-order valence-corrected chi connectivity index (χ3v) is 5.28. The fourth-order valence-electron chi connectivity index (χ4n) is 3.79. The highest BCUT2D eigenvalue weighted by molar-refractivity contribution is 5.98. The Bertz CT molecular complexity index is 1040. The third-order valence-electron chi connectivity index (χ3n) is 5.28. The minimum Gasteiger partial charge on any atom is -0.481 e. The van der Waals surface area contributed by atoms with E-state index in [0.29, 0.717) is 24.8 Å². The predicted molar refractivity (Wildman–Crippen MR) is 102 cm³/mol. The van der Waals surface area contributed by atoms with E-state index >= 15 is 0 Å². The highest BCUT2D eigenvalue weighted by Gasteiger charge is 2.44. The number of rotatable bonds is 5. The monoisotopic (exact) mass is 389 g/mol. The lowest BCUT2D eigenvalue weighted by molar-refractivity contribution is -0.155. The number of benzene rings is 1. The molecule has 1 atom stereocenters. The predicted octanol–water partition coefficient (Wildman–Crippen LogP) is 0.663. The van der Waals surface area contributed by atoms with Crippen LogP contribution in [-0.2, 0) is 16.1 Å². The van der Waals surface area contributed by atoms with Gasteiger partial charge in [0.1, 0.15) is 5.41 Å². The molecular weight excluding hydrogens is 366 g/mol. The molecule has 0 spiro atoms. The van der Waals surface area contributed by atoms with E-state index in [0.717, 1.165) is 4.57 Å². The Hall–Kier alpha value is -2.94. The summed E-state index contributed by atoms with van der Waals surface area (Å²) in [4.78, 5) is 53.3. The van der Waals surface area contributed by atoms with E-state index in [1.54, 1.807) is 6.92 Å². The van der Waals surface area contributed by atoms with Crippen LogP contribution in [0.4, 0.5) is 0 Å². The molecule has 0 bridgehead atoms. The third kappa shape index (κ3) is 3.33. The standard InChI is InChI=1S/C19H23N3O6/c1-3-22-16(24)13-6-5-12(9-14(13)20-18(22)27)15(23)21-8-4-7-19(10-21,11-28-2)17(25)26/h5-6,9H,3-4,7-8,10-11H2,1-2H3,(H,20,27)(H,25,26). The average Bonchev–Trinajstić information content (AvgIpc) is 2.67. The summed E-state index contributed by atoms with van der Waals surface area (Å²) in [6, 6.07) is 4.50. The van der Waals surface area contributed by atoms with Crippen LogP contribution in [0.2, 0.25) is 0 Å². The molecule has 1 fully saturated rings.